The lowest BCUT2D eigenvalue weighted by molar-refractivity contribution is -0.138. The first-order valence-electron chi connectivity index (χ1n) is 11.3. The molecule has 33 heavy (non-hydrogen) atoms. The lowest BCUT2D eigenvalue weighted by Gasteiger charge is -2.33. The van der Waals surface area contributed by atoms with Gasteiger partial charge in [0.25, 0.3) is 5.91 Å². The van der Waals surface area contributed by atoms with Crippen molar-refractivity contribution in [2.24, 2.45) is 16.3 Å². The number of thiazole rings is 1. The van der Waals surface area contributed by atoms with E-state index < -0.39 is 17.7 Å². The fraction of sp³-hybridized carbons (Fsp3) is 0.520. The first kappa shape index (κ1) is 23.6. The fourth-order valence-corrected chi connectivity index (χ4v) is 5.18. The highest BCUT2D eigenvalue weighted by Crippen LogP contribution is 2.36. The quantitative estimate of drug-likeness (QED) is 0.718. The maximum atomic E-state index is 13.2. The number of aliphatic hydroxyl groups excluding tert-OH is 1. The Morgan fingerprint density at radius 1 is 1.30 bits per heavy atom. The molecule has 1 aromatic carbocycles. The number of hydrogen-bond acceptors (Lipinski definition) is 6. The zero-order valence-electron chi connectivity index (χ0n) is 20.0. The van der Waals surface area contributed by atoms with Crippen LogP contribution in [0, 0.1) is 18.3 Å². The molecule has 0 aliphatic carbocycles. The summed E-state index contributed by atoms with van der Waals surface area (Å²) in [5.41, 5.74) is 3.34. The van der Waals surface area contributed by atoms with Gasteiger partial charge < -0.3 is 15.3 Å². The Morgan fingerprint density at radius 2 is 1.97 bits per heavy atom. The van der Waals surface area contributed by atoms with Gasteiger partial charge in [-0.2, -0.15) is 0 Å². The van der Waals surface area contributed by atoms with E-state index in [4.69, 9.17) is 4.99 Å². The number of rotatable bonds is 4. The fourth-order valence-electron chi connectivity index (χ4n) is 4.37. The number of nitrogens with zero attached hydrogens (tertiary/aromatic N) is 3. The highest BCUT2D eigenvalue weighted by atomic mass is 32.1. The van der Waals surface area contributed by atoms with Crippen LogP contribution in [0.1, 0.15) is 52.3 Å². The van der Waals surface area contributed by atoms with Gasteiger partial charge in [-0.1, -0.05) is 52.0 Å². The van der Waals surface area contributed by atoms with Crippen LogP contribution >= 0.6 is 11.3 Å². The maximum absolute atomic E-state index is 13.2. The number of amides is 2. The van der Waals surface area contributed by atoms with Crippen molar-refractivity contribution in [1.29, 1.82) is 0 Å². The van der Waals surface area contributed by atoms with Crippen LogP contribution in [0.5, 0.6) is 0 Å². The van der Waals surface area contributed by atoms with Gasteiger partial charge in [-0.15, -0.1) is 11.3 Å². The molecule has 176 valence electrons. The minimum absolute atomic E-state index is 0.0288. The van der Waals surface area contributed by atoms with E-state index in [-0.39, 0.29) is 29.7 Å². The zero-order valence-corrected chi connectivity index (χ0v) is 20.9. The average molecular weight is 469 g/mol. The number of aryl methyl sites for hydroxylation is 1. The summed E-state index contributed by atoms with van der Waals surface area (Å²) in [7, 11) is 0. The molecule has 1 saturated heterocycles. The van der Waals surface area contributed by atoms with Crippen molar-refractivity contribution in [3.63, 3.8) is 0 Å². The van der Waals surface area contributed by atoms with E-state index in [0.29, 0.717) is 12.3 Å². The number of aromatic nitrogens is 1. The van der Waals surface area contributed by atoms with Crippen molar-refractivity contribution in [1.82, 2.24) is 15.2 Å². The molecule has 2 aliphatic heterocycles. The summed E-state index contributed by atoms with van der Waals surface area (Å²) in [5, 5.41) is 13.3. The lowest BCUT2D eigenvalue weighted by Crippen LogP contribution is -2.49. The van der Waals surface area contributed by atoms with Crippen LogP contribution in [0.15, 0.2) is 34.8 Å². The number of aliphatic imine (C=N–C) groups is 1. The summed E-state index contributed by atoms with van der Waals surface area (Å²) in [6.45, 7) is 12.0. The summed E-state index contributed by atoms with van der Waals surface area (Å²) in [5.74, 6) is -0.0243. The second-order valence-corrected chi connectivity index (χ2v) is 11.2. The van der Waals surface area contributed by atoms with Crippen molar-refractivity contribution in [3.05, 3.63) is 41.0 Å². The molecule has 4 rings (SSSR count). The number of amidine groups is 1. The molecule has 4 atom stereocenters. The van der Waals surface area contributed by atoms with Crippen LogP contribution in [0.4, 0.5) is 0 Å². The van der Waals surface area contributed by atoms with Crippen molar-refractivity contribution < 1.29 is 14.7 Å². The maximum Gasteiger partial charge on any atom is 0.257 e. The molecule has 0 unspecified atom stereocenters. The van der Waals surface area contributed by atoms with Gasteiger partial charge in [-0.3, -0.25) is 9.59 Å². The van der Waals surface area contributed by atoms with E-state index in [2.05, 4.69) is 10.3 Å². The van der Waals surface area contributed by atoms with Crippen LogP contribution in [-0.2, 0) is 15.1 Å². The molecule has 0 saturated carbocycles. The Labute approximate surface area is 198 Å². The van der Waals surface area contributed by atoms with Crippen LogP contribution in [0.25, 0.3) is 10.4 Å². The van der Waals surface area contributed by atoms with Crippen molar-refractivity contribution in [2.45, 2.75) is 65.6 Å². The number of benzene rings is 1. The molecule has 0 bridgehead atoms. The molecule has 2 N–H and O–H groups in total. The minimum atomic E-state index is -1.09. The molecule has 1 fully saturated rings. The molecule has 0 spiro atoms. The van der Waals surface area contributed by atoms with Crippen molar-refractivity contribution >= 4 is 29.0 Å². The Bertz CT molecular complexity index is 1100. The number of hydrogen-bond donors (Lipinski definition) is 2. The third-order valence-electron chi connectivity index (χ3n) is 7.03. The van der Waals surface area contributed by atoms with Gasteiger partial charge in [0.2, 0.25) is 5.91 Å². The monoisotopic (exact) mass is 468 g/mol. The molecular weight excluding hydrogens is 436 g/mol. The number of β-amino-alcohol motifs (C(OH)–C–C–N with tert-alkyl or cyclic N) is 1. The Hall–Kier alpha value is -2.58. The minimum Gasteiger partial charge on any atom is -0.391 e. The van der Waals surface area contributed by atoms with Crippen molar-refractivity contribution in [3.8, 4) is 10.4 Å². The summed E-state index contributed by atoms with van der Waals surface area (Å²) in [4.78, 5) is 38.2. The van der Waals surface area contributed by atoms with Crippen molar-refractivity contribution in [2.75, 3.05) is 6.54 Å². The van der Waals surface area contributed by atoms with Crippen LogP contribution in [0.2, 0.25) is 0 Å². The number of nitrogens with one attached hydrogen (secondary N) is 1. The summed E-state index contributed by atoms with van der Waals surface area (Å²) >= 11 is 1.59. The predicted octanol–water partition coefficient (Wildman–Crippen LogP) is 3.51. The predicted molar refractivity (Wildman–Crippen MR) is 130 cm³/mol. The second kappa shape index (κ2) is 8.33. The van der Waals surface area contributed by atoms with Crippen LogP contribution < -0.4 is 5.32 Å². The number of carbonyl (C=O) groups is 2. The number of likely N-dealkylation sites (tertiary alicyclic amines) is 1. The van der Waals surface area contributed by atoms with E-state index in [0.717, 1.165) is 21.7 Å². The summed E-state index contributed by atoms with van der Waals surface area (Å²) < 4.78 is 0. The normalized spacial score (nSPS) is 26.3. The molecule has 1 aromatic heterocycles. The Balaban J connectivity index is 1.62. The molecule has 3 heterocycles. The molecule has 2 aliphatic rings. The van der Waals surface area contributed by atoms with E-state index in [9.17, 15) is 14.7 Å². The highest BCUT2D eigenvalue weighted by molar-refractivity contribution is 7.13. The van der Waals surface area contributed by atoms with E-state index >= 15 is 0 Å². The molecule has 8 heteroatoms. The van der Waals surface area contributed by atoms with Gasteiger partial charge in [0.15, 0.2) is 5.54 Å². The molecule has 7 nitrogen and oxygen atoms in total. The topological polar surface area (TPSA) is 94.9 Å². The van der Waals surface area contributed by atoms with Gasteiger partial charge in [0, 0.05) is 18.9 Å². The Kier molecular flexibility index (Phi) is 5.95. The summed E-state index contributed by atoms with van der Waals surface area (Å²) in [6, 6.07) is 7.38. The first-order chi connectivity index (χ1) is 15.4. The molecular formula is C25H32N4O3S. The highest BCUT2D eigenvalue weighted by Gasteiger charge is 2.47. The van der Waals surface area contributed by atoms with Crippen LogP contribution in [0.3, 0.4) is 0 Å². The molecule has 0 radical (unpaired) electrons. The number of aliphatic hydroxyl groups is 1. The van der Waals surface area contributed by atoms with Crippen LogP contribution in [-0.4, -0.2) is 51.3 Å². The van der Waals surface area contributed by atoms with Gasteiger partial charge in [0.05, 0.1) is 28.2 Å². The Morgan fingerprint density at radius 3 is 2.55 bits per heavy atom. The average Bonchev–Trinajstić information content (AvgIpc) is 3.44. The van der Waals surface area contributed by atoms with Gasteiger partial charge in [-0.25, -0.2) is 9.98 Å². The SMILES string of the molecule is Cc1ncsc1-c1ccc([C@]2(C)N=C([C@@H]3C[C@@H](O)CN3C(=O)[C@@H](C)C(C)(C)C)NC2=O)cc1. The smallest absolute Gasteiger partial charge is 0.257 e. The van der Waals surface area contributed by atoms with E-state index in [1.54, 1.807) is 23.2 Å². The van der Waals surface area contributed by atoms with Gasteiger partial charge >= 0.3 is 0 Å². The zero-order chi connectivity index (χ0) is 24.1. The largest absolute Gasteiger partial charge is 0.391 e. The standard InChI is InChI=1S/C25H32N4O3S/c1-14(24(3,4)5)22(31)29-12-18(30)11-19(29)21-27-23(32)25(6,28-21)17-9-7-16(8-10-17)20-15(2)26-13-33-20/h7-10,13-14,18-19,30H,11-12H2,1-6H3,(H,27,28,32)/t14-,18-,19+,25+/m1/s1. The van der Waals surface area contributed by atoms with E-state index in [1.165, 1.54) is 0 Å². The molecule has 2 amide bonds. The van der Waals surface area contributed by atoms with E-state index in [1.807, 2.05) is 64.4 Å². The third-order valence-corrected chi connectivity index (χ3v) is 8.01. The van der Waals surface area contributed by atoms with Gasteiger partial charge in [0.1, 0.15) is 5.84 Å². The number of carbonyl (C=O) groups excluding carboxylic acids is 2. The first-order valence-corrected chi connectivity index (χ1v) is 12.2. The lowest BCUT2D eigenvalue weighted by atomic mass is 9.81. The summed E-state index contributed by atoms with van der Waals surface area (Å²) in [6.07, 6.45) is -0.277. The molecule has 2 aromatic rings. The third kappa shape index (κ3) is 4.22. The second-order valence-electron chi connectivity index (χ2n) is 10.4. The van der Waals surface area contributed by atoms with Gasteiger partial charge in [-0.05, 0) is 30.4 Å².